The standard InChI is InChI=1S/C12H15NO.C11H10N2O/c14-12(13-8-4-5-9-13)10-11-6-2-1-3-7-11;12-10-3-1-9-6-11(13-7-14)4-2-8(9)5-10/h1-3,6-7H,4-5,8-10H2;1-7H,12H2,(H,13,14). The summed E-state index contributed by atoms with van der Waals surface area (Å²) in [4.78, 5) is 23.9. The van der Waals surface area contributed by atoms with Gasteiger partial charge in [0.15, 0.2) is 0 Å². The van der Waals surface area contributed by atoms with Crippen molar-refractivity contribution in [3.63, 3.8) is 0 Å². The molecule has 0 aliphatic carbocycles. The highest BCUT2D eigenvalue weighted by atomic mass is 16.2. The van der Waals surface area contributed by atoms with E-state index in [1.165, 1.54) is 12.8 Å². The molecule has 0 atom stereocenters. The lowest BCUT2D eigenvalue weighted by atomic mass is 10.1. The van der Waals surface area contributed by atoms with Gasteiger partial charge >= 0.3 is 0 Å². The maximum Gasteiger partial charge on any atom is 0.226 e. The van der Waals surface area contributed by atoms with Crippen molar-refractivity contribution in [2.24, 2.45) is 0 Å². The molecular formula is C23H25N3O2. The molecule has 3 aromatic carbocycles. The number of carbonyl (C=O) groups excluding carboxylic acids is 2. The molecule has 3 N–H and O–H groups in total. The molecule has 0 unspecified atom stereocenters. The molecule has 0 radical (unpaired) electrons. The lowest BCUT2D eigenvalue weighted by Crippen LogP contribution is -2.28. The van der Waals surface area contributed by atoms with Gasteiger partial charge in [-0.25, -0.2) is 0 Å². The van der Waals surface area contributed by atoms with Crippen molar-refractivity contribution in [3.05, 3.63) is 72.3 Å². The van der Waals surface area contributed by atoms with Gasteiger partial charge in [-0.05, 0) is 53.4 Å². The number of amides is 2. The third-order valence-corrected chi connectivity index (χ3v) is 4.75. The van der Waals surface area contributed by atoms with Crippen molar-refractivity contribution < 1.29 is 9.59 Å². The van der Waals surface area contributed by atoms with Crippen LogP contribution in [0, 0.1) is 0 Å². The normalized spacial score (nSPS) is 12.9. The van der Waals surface area contributed by atoms with E-state index < -0.39 is 0 Å². The number of hydrogen-bond acceptors (Lipinski definition) is 3. The van der Waals surface area contributed by atoms with Crippen LogP contribution in [0.3, 0.4) is 0 Å². The molecule has 3 aromatic rings. The van der Waals surface area contributed by atoms with Crippen molar-refractivity contribution in [3.8, 4) is 0 Å². The molecule has 5 nitrogen and oxygen atoms in total. The molecule has 0 saturated carbocycles. The Kier molecular flexibility index (Phi) is 6.63. The largest absolute Gasteiger partial charge is 0.399 e. The lowest BCUT2D eigenvalue weighted by molar-refractivity contribution is -0.129. The fourth-order valence-electron chi connectivity index (χ4n) is 3.27. The molecule has 1 aliphatic rings. The molecule has 144 valence electrons. The summed E-state index contributed by atoms with van der Waals surface area (Å²) in [7, 11) is 0. The van der Waals surface area contributed by atoms with E-state index in [0.717, 1.165) is 40.8 Å². The van der Waals surface area contributed by atoms with Crippen LogP contribution in [-0.4, -0.2) is 30.3 Å². The molecule has 4 rings (SSSR count). The number of nitrogens with two attached hydrogens (primary N) is 1. The smallest absolute Gasteiger partial charge is 0.226 e. The monoisotopic (exact) mass is 375 g/mol. The van der Waals surface area contributed by atoms with Gasteiger partial charge in [0.05, 0.1) is 6.42 Å². The SMILES string of the molecule is Nc1ccc2cc(NC=O)ccc2c1.O=C(Cc1ccccc1)N1CCCC1. The Bertz CT molecular complexity index is 935. The van der Waals surface area contributed by atoms with Gasteiger partial charge in [-0.1, -0.05) is 42.5 Å². The Morgan fingerprint density at radius 2 is 1.64 bits per heavy atom. The Balaban J connectivity index is 0.000000161. The number of anilines is 2. The van der Waals surface area contributed by atoms with Crippen molar-refractivity contribution in [1.82, 2.24) is 4.90 Å². The molecule has 1 saturated heterocycles. The second kappa shape index (κ2) is 9.55. The van der Waals surface area contributed by atoms with Crippen LogP contribution in [0.2, 0.25) is 0 Å². The molecule has 28 heavy (non-hydrogen) atoms. The van der Waals surface area contributed by atoms with Crippen molar-refractivity contribution >= 4 is 34.5 Å². The first-order chi connectivity index (χ1) is 13.7. The lowest BCUT2D eigenvalue weighted by Gasteiger charge is -2.14. The molecule has 1 heterocycles. The highest BCUT2D eigenvalue weighted by Gasteiger charge is 2.17. The number of hydrogen-bond donors (Lipinski definition) is 2. The van der Waals surface area contributed by atoms with E-state index in [1.807, 2.05) is 71.6 Å². The summed E-state index contributed by atoms with van der Waals surface area (Å²) in [5, 5.41) is 4.73. The molecule has 0 bridgehead atoms. The first-order valence-electron chi connectivity index (χ1n) is 9.47. The number of rotatable bonds is 4. The van der Waals surface area contributed by atoms with Gasteiger partial charge < -0.3 is 16.0 Å². The summed E-state index contributed by atoms with van der Waals surface area (Å²) in [5.74, 6) is 0.272. The summed E-state index contributed by atoms with van der Waals surface area (Å²) >= 11 is 0. The van der Waals surface area contributed by atoms with Gasteiger partial charge in [-0.15, -0.1) is 0 Å². The average Bonchev–Trinajstić information content (AvgIpc) is 3.25. The van der Waals surface area contributed by atoms with Gasteiger partial charge in [0.25, 0.3) is 0 Å². The average molecular weight is 375 g/mol. The van der Waals surface area contributed by atoms with Crippen LogP contribution in [0.4, 0.5) is 11.4 Å². The van der Waals surface area contributed by atoms with Gasteiger partial charge in [-0.2, -0.15) is 0 Å². The van der Waals surface area contributed by atoms with E-state index in [4.69, 9.17) is 5.73 Å². The maximum absolute atomic E-state index is 11.7. The van der Waals surface area contributed by atoms with Crippen LogP contribution in [0.25, 0.3) is 10.8 Å². The summed E-state index contributed by atoms with van der Waals surface area (Å²) in [6.07, 6.45) is 3.56. The number of benzene rings is 3. The third kappa shape index (κ3) is 5.33. The minimum absolute atomic E-state index is 0.272. The number of nitrogen functional groups attached to an aromatic ring is 1. The van der Waals surface area contributed by atoms with Crippen LogP contribution >= 0.6 is 0 Å². The van der Waals surface area contributed by atoms with Gasteiger partial charge in [0, 0.05) is 24.5 Å². The van der Waals surface area contributed by atoms with Gasteiger partial charge in [0.1, 0.15) is 0 Å². The number of likely N-dealkylation sites (tertiary alicyclic amines) is 1. The topological polar surface area (TPSA) is 75.4 Å². The second-order valence-corrected chi connectivity index (χ2v) is 6.83. The Morgan fingerprint density at radius 3 is 2.36 bits per heavy atom. The zero-order chi connectivity index (χ0) is 19.8. The first-order valence-corrected chi connectivity index (χ1v) is 9.47. The van der Waals surface area contributed by atoms with E-state index in [1.54, 1.807) is 0 Å². The predicted octanol–water partition coefficient (Wildman–Crippen LogP) is 3.84. The zero-order valence-corrected chi connectivity index (χ0v) is 15.8. The molecule has 1 aliphatic heterocycles. The Hall–Kier alpha value is -3.34. The third-order valence-electron chi connectivity index (χ3n) is 4.75. The molecular weight excluding hydrogens is 350 g/mol. The van der Waals surface area contributed by atoms with Gasteiger partial charge in [0.2, 0.25) is 12.3 Å². The van der Waals surface area contributed by atoms with Crippen LogP contribution in [0.5, 0.6) is 0 Å². The molecule has 0 spiro atoms. The highest BCUT2D eigenvalue weighted by molar-refractivity contribution is 5.89. The minimum Gasteiger partial charge on any atom is -0.399 e. The number of nitrogens with one attached hydrogen (secondary N) is 1. The van der Waals surface area contributed by atoms with Crippen molar-refractivity contribution in [2.75, 3.05) is 24.1 Å². The number of fused-ring (bicyclic) bond motifs is 1. The number of carbonyl (C=O) groups is 2. The quantitative estimate of drug-likeness (QED) is 0.537. The minimum atomic E-state index is 0.272. The molecule has 1 fully saturated rings. The highest BCUT2D eigenvalue weighted by Crippen LogP contribution is 2.21. The predicted molar refractivity (Wildman–Crippen MR) is 114 cm³/mol. The fraction of sp³-hybridized carbons (Fsp3) is 0.217. The summed E-state index contributed by atoms with van der Waals surface area (Å²) in [6.45, 7) is 1.90. The fourth-order valence-corrected chi connectivity index (χ4v) is 3.27. The van der Waals surface area contributed by atoms with E-state index in [-0.39, 0.29) is 5.91 Å². The van der Waals surface area contributed by atoms with E-state index in [9.17, 15) is 9.59 Å². The second-order valence-electron chi connectivity index (χ2n) is 6.83. The van der Waals surface area contributed by atoms with Crippen molar-refractivity contribution in [2.45, 2.75) is 19.3 Å². The first kappa shape index (κ1) is 19.4. The van der Waals surface area contributed by atoms with E-state index in [0.29, 0.717) is 12.8 Å². The Labute approximate surface area is 165 Å². The molecule has 2 amide bonds. The maximum atomic E-state index is 11.7. The van der Waals surface area contributed by atoms with Crippen LogP contribution < -0.4 is 11.1 Å². The number of nitrogens with zero attached hydrogens (tertiary/aromatic N) is 1. The Morgan fingerprint density at radius 1 is 0.964 bits per heavy atom. The summed E-state index contributed by atoms with van der Waals surface area (Å²) in [6, 6.07) is 21.3. The van der Waals surface area contributed by atoms with Crippen LogP contribution in [-0.2, 0) is 16.0 Å². The summed E-state index contributed by atoms with van der Waals surface area (Å²) in [5.41, 5.74) is 8.30. The van der Waals surface area contributed by atoms with Crippen molar-refractivity contribution in [1.29, 1.82) is 0 Å². The van der Waals surface area contributed by atoms with Gasteiger partial charge in [-0.3, -0.25) is 9.59 Å². The molecule has 0 aromatic heterocycles. The van der Waals surface area contributed by atoms with Crippen LogP contribution in [0.1, 0.15) is 18.4 Å². The van der Waals surface area contributed by atoms with E-state index in [2.05, 4.69) is 5.32 Å². The summed E-state index contributed by atoms with van der Waals surface area (Å²) < 4.78 is 0. The van der Waals surface area contributed by atoms with E-state index >= 15 is 0 Å². The molecule has 5 heteroatoms. The van der Waals surface area contributed by atoms with Crippen LogP contribution in [0.15, 0.2) is 66.7 Å². The zero-order valence-electron chi connectivity index (χ0n) is 15.8.